The third kappa shape index (κ3) is 1.28. The van der Waals surface area contributed by atoms with Crippen LogP contribution < -0.4 is 0 Å². The van der Waals surface area contributed by atoms with Crippen LogP contribution >= 0.6 is 0 Å². The lowest BCUT2D eigenvalue weighted by molar-refractivity contribution is 0.0690. The average molecular weight is 178 g/mol. The Morgan fingerprint density at radius 2 is 2.08 bits per heavy atom. The average Bonchev–Trinajstić information content (AvgIpc) is 2.75. The first kappa shape index (κ1) is 7.53. The fourth-order valence-corrected chi connectivity index (χ4v) is 0.928. The molecule has 0 aliphatic rings. The van der Waals surface area contributed by atoms with Gasteiger partial charge >= 0.3 is 5.97 Å². The molecule has 0 aromatic carbocycles. The van der Waals surface area contributed by atoms with E-state index in [9.17, 15) is 4.79 Å². The van der Waals surface area contributed by atoms with Crippen molar-refractivity contribution >= 4 is 5.97 Å². The van der Waals surface area contributed by atoms with E-state index in [1.54, 1.807) is 17.1 Å². The van der Waals surface area contributed by atoms with Gasteiger partial charge < -0.3 is 5.11 Å². The lowest BCUT2D eigenvalue weighted by atomic mass is 10.5. The van der Waals surface area contributed by atoms with Gasteiger partial charge in [-0.2, -0.15) is 4.79 Å². The number of carboxylic acid groups (broad SMARTS) is 1. The first-order valence-corrected chi connectivity index (χ1v) is 3.56. The maximum atomic E-state index is 10.5. The summed E-state index contributed by atoms with van der Waals surface area (Å²) in [5.41, 5.74) is -0.0753. The smallest absolute Gasteiger partial charge is 0.358 e. The van der Waals surface area contributed by atoms with Crippen molar-refractivity contribution in [3.63, 3.8) is 0 Å². The highest BCUT2D eigenvalue weighted by atomic mass is 16.4. The summed E-state index contributed by atoms with van der Waals surface area (Å²) in [7, 11) is 0. The van der Waals surface area contributed by atoms with E-state index >= 15 is 0 Å². The molecule has 0 spiro atoms. The minimum Gasteiger partial charge on any atom is -0.476 e. The molecule has 2 heterocycles. The summed E-state index contributed by atoms with van der Waals surface area (Å²) in [6, 6.07) is 3.62. The summed E-state index contributed by atoms with van der Waals surface area (Å²) < 4.78 is 1.61. The maximum Gasteiger partial charge on any atom is 0.358 e. The second-order valence-corrected chi connectivity index (χ2v) is 2.39. The highest BCUT2D eigenvalue weighted by molar-refractivity contribution is 5.84. The molecule has 0 aliphatic carbocycles. The predicted octanol–water partition coefficient (Wildman–Crippen LogP) is 0.0892. The molecule has 0 saturated heterocycles. The van der Waals surface area contributed by atoms with E-state index < -0.39 is 5.97 Å². The summed E-state index contributed by atoms with van der Waals surface area (Å²) in [4.78, 5) is 11.8. The van der Waals surface area contributed by atoms with Crippen molar-refractivity contribution in [2.75, 3.05) is 0 Å². The number of carboxylic acids is 1. The standard InChI is InChI=1S/C7H6N4O2/c12-7(13)6-5-11(9-8-6)10-3-1-2-4-10/h1-5H,(H,12,13). The molecule has 0 radical (unpaired) electrons. The molecule has 0 aliphatic heterocycles. The van der Waals surface area contributed by atoms with Crippen LogP contribution in [0.1, 0.15) is 10.5 Å². The van der Waals surface area contributed by atoms with Crippen molar-refractivity contribution in [2.24, 2.45) is 0 Å². The molecular weight excluding hydrogens is 172 g/mol. The zero-order chi connectivity index (χ0) is 9.26. The highest BCUT2D eigenvalue weighted by Gasteiger charge is 2.07. The molecule has 0 amide bonds. The normalized spacial score (nSPS) is 10.2. The van der Waals surface area contributed by atoms with Crippen LogP contribution in [0.2, 0.25) is 0 Å². The number of aromatic carboxylic acids is 1. The maximum absolute atomic E-state index is 10.5. The van der Waals surface area contributed by atoms with Gasteiger partial charge in [0.1, 0.15) is 0 Å². The largest absolute Gasteiger partial charge is 0.476 e. The van der Waals surface area contributed by atoms with Crippen LogP contribution in [0.5, 0.6) is 0 Å². The minimum atomic E-state index is -1.08. The van der Waals surface area contributed by atoms with Gasteiger partial charge in [-0.05, 0) is 17.3 Å². The second kappa shape index (κ2) is 2.74. The third-order valence-corrected chi connectivity index (χ3v) is 1.53. The van der Waals surface area contributed by atoms with Crippen LogP contribution in [0.4, 0.5) is 0 Å². The summed E-state index contributed by atoms with van der Waals surface area (Å²) in [5.74, 6) is -1.08. The van der Waals surface area contributed by atoms with E-state index in [0.717, 1.165) is 0 Å². The molecule has 66 valence electrons. The van der Waals surface area contributed by atoms with Gasteiger partial charge in [-0.25, -0.2) is 9.47 Å². The van der Waals surface area contributed by atoms with Gasteiger partial charge in [0.15, 0.2) is 5.69 Å². The monoisotopic (exact) mass is 178 g/mol. The molecule has 1 N–H and O–H groups in total. The van der Waals surface area contributed by atoms with E-state index in [1.165, 1.54) is 11.0 Å². The molecule has 6 heteroatoms. The molecule has 0 atom stereocenters. The van der Waals surface area contributed by atoms with Crippen LogP contribution in [-0.4, -0.2) is 30.9 Å². The Kier molecular flexibility index (Phi) is 1.59. The summed E-state index contributed by atoms with van der Waals surface area (Å²) in [6.45, 7) is 0. The first-order chi connectivity index (χ1) is 6.27. The Morgan fingerprint density at radius 3 is 2.62 bits per heavy atom. The topological polar surface area (TPSA) is 72.9 Å². The molecule has 6 nitrogen and oxygen atoms in total. The van der Waals surface area contributed by atoms with E-state index in [4.69, 9.17) is 5.11 Å². The summed E-state index contributed by atoms with van der Waals surface area (Å²) in [5, 5.41) is 15.7. The molecular formula is C7H6N4O2. The van der Waals surface area contributed by atoms with Crippen LogP contribution in [0.25, 0.3) is 0 Å². The van der Waals surface area contributed by atoms with E-state index in [1.807, 2.05) is 12.1 Å². The van der Waals surface area contributed by atoms with Crippen LogP contribution in [-0.2, 0) is 0 Å². The van der Waals surface area contributed by atoms with Crippen molar-refractivity contribution in [1.29, 1.82) is 0 Å². The summed E-state index contributed by atoms with van der Waals surface area (Å²) >= 11 is 0. The fourth-order valence-electron chi connectivity index (χ4n) is 0.928. The molecule has 0 saturated carbocycles. The number of hydrogen-bond donors (Lipinski definition) is 1. The van der Waals surface area contributed by atoms with Gasteiger partial charge in [0, 0.05) is 12.4 Å². The van der Waals surface area contributed by atoms with Crippen molar-refractivity contribution in [3.8, 4) is 0 Å². The van der Waals surface area contributed by atoms with Crippen LogP contribution in [0.15, 0.2) is 30.7 Å². The molecule has 13 heavy (non-hydrogen) atoms. The first-order valence-electron chi connectivity index (χ1n) is 3.56. The number of carbonyl (C=O) groups is 1. The molecule has 0 bridgehead atoms. The molecule has 2 aromatic heterocycles. The van der Waals surface area contributed by atoms with Crippen LogP contribution in [0, 0.1) is 0 Å². The van der Waals surface area contributed by atoms with Gasteiger partial charge in [0.2, 0.25) is 0 Å². The van der Waals surface area contributed by atoms with Crippen molar-refractivity contribution in [3.05, 3.63) is 36.4 Å². The highest BCUT2D eigenvalue weighted by Crippen LogP contribution is 1.95. The number of rotatable bonds is 2. The van der Waals surface area contributed by atoms with Crippen LogP contribution in [0.3, 0.4) is 0 Å². The van der Waals surface area contributed by atoms with Gasteiger partial charge in [-0.1, -0.05) is 0 Å². The van der Waals surface area contributed by atoms with Gasteiger partial charge in [0.05, 0.1) is 6.20 Å². The van der Waals surface area contributed by atoms with Gasteiger partial charge in [-0.3, -0.25) is 0 Å². The second-order valence-electron chi connectivity index (χ2n) is 2.39. The third-order valence-electron chi connectivity index (χ3n) is 1.53. The van der Waals surface area contributed by atoms with Crippen molar-refractivity contribution in [1.82, 2.24) is 19.8 Å². The zero-order valence-corrected chi connectivity index (χ0v) is 6.53. The zero-order valence-electron chi connectivity index (χ0n) is 6.53. The van der Waals surface area contributed by atoms with E-state index in [0.29, 0.717) is 0 Å². The Morgan fingerprint density at radius 1 is 1.38 bits per heavy atom. The number of hydrogen-bond acceptors (Lipinski definition) is 3. The number of aromatic nitrogens is 4. The quantitative estimate of drug-likeness (QED) is 0.707. The molecule has 0 unspecified atom stereocenters. The summed E-state index contributed by atoms with van der Waals surface area (Å²) in [6.07, 6.45) is 4.81. The molecule has 2 aromatic rings. The molecule has 0 fully saturated rings. The van der Waals surface area contributed by atoms with Gasteiger partial charge in [0.25, 0.3) is 0 Å². The Balaban J connectivity index is 2.39. The lowest BCUT2D eigenvalue weighted by Crippen LogP contribution is -2.06. The minimum absolute atomic E-state index is 0.0753. The lowest BCUT2D eigenvalue weighted by Gasteiger charge is -1.97. The van der Waals surface area contributed by atoms with Crippen molar-refractivity contribution in [2.45, 2.75) is 0 Å². The van der Waals surface area contributed by atoms with Crippen molar-refractivity contribution < 1.29 is 9.90 Å². The van der Waals surface area contributed by atoms with E-state index in [-0.39, 0.29) is 5.69 Å². The fraction of sp³-hybridized carbons (Fsp3) is 0. The SMILES string of the molecule is O=C(O)c1cn(-n2cccc2)nn1. The Hall–Kier alpha value is -2.11. The number of nitrogens with zero attached hydrogens (tertiary/aromatic N) is 4. The molecule has 2 rings (SSSR count). The predicted molar refractivity (Wildman–Crippen MR) is 42.2 cm³/mol. The Labute approximate surface area is 73.0 Å². The van der Waals surface area contributed by atoms with Gasteiger partial charge in [-0.15, -0.1) is 5.10 Å². The van der Waals surface area contributed by atoms with E-state index in [2.05, 4.69) is 10.3 Å². The Bertz CT molecular complexity index is 417.